The monoisotopic (exact) mass is 489 g/mol. The fourth-order valence-electron chi connectivity index (χ4n) is 1.50. The Morgan fingerprint density at radius 1 is 1.38 bits per heavy atom. The maximum Gasteiger partial charge on any atom is 0.191 e. The van der Waals surface area contributed by atoms with Crippen molar-refractivity contribution in [2.45, 2.75) is 26.8 Å². The largest absolute Gasteiger partial charge is 0.380 e. The number of ether oxygens (including phenoxy) is 1. The summed E-state index contributed by atoms with van der Waals surface area (Å²) in [4.78, 5) is 5.46. The van der Waals surface area contributed by atoms with Gasteiger partial charge < -0.3 is 15.4 Å². The molecule has 0 aromatic carbocycles. The molecule has 0 saturated heterocycles. The maximum absolute atomic E-state index is 5.56. The molecule has 0 spiro atoms. The molecule has 0 fully saturated rings. The lowest BCUT2D eigenvalue weighted by Crippen LogP contribution is -2.38. The van der Waals surface area contributed by atoms with Crippen LogP contribution in [0.4, 0.5) is 0 Å². The first-order valence-corrected chi connectivity index (χ1v) is 8.54. The first-order chi connectivity index (χ1) is 9.61. The van der Waals surface area contributed by atoms with Crippen LogP contribution in [0, 0.1) is 5.92 Å². The Labute approximate surface area is 157 Å². The van der Waals surface area contributed by atoms with E-state index in [-0.39, 0.29) is 24.0 Å². The first kappa shape index (κ1) is 21.1. The van der Waals surface area contributed by atoms with E-state index in [1.807, 2.05) is 0 Å². The van der Waals surface area contributed by atoms with Crippen molar-refractivity contribution in [2.24, 2.45) is 10.9 Å². The molecular weight excluding hydrogens is 465 g/mol. The summed E-state index contributed by atoms with van der Waals surface area (Å²) < 4.78 is 6.68. The Hall–Kier alpha value is 0.140. The lowest BCUT2D eigenvalue weighted by atomic mass is 10.1. The van der Waals surface area contributed by atoms with Crippen LogP contribution in [0.3, 0.4) is 0 Å². The lowest BCUT2D eigenvalue weighted by molar-refractivity contribution is 0.128. The van der Waals surface area contributed by atoms with Gasteiger partial charge >= 0.3 is 0 Å². The van der Waals surface area contributed by atoms with Gasteiger partial charge in [0, 0.05) is 34.9 Å². The second-order valence-corrected chi connectivity index (χ2v) is 6.79. The fraction of sp³-hybridized carbons (Fsp3) is 0.643. The third kappa shape index (κ3) is 10.5. The van der Waals surface area contributed by atoms with E-state index in [1.165, 1.54) is 4.88 Å². The minimum absolute atomic E-state index is 0. The van der Waals surface area contributed by atoms with Crippen molar-refractivity contribution in [1.29, 1.82) is 0 Å². The molecule has 4 nitrogen and oxygen atoms in total. The maximum atomic E-state index is 5.56. The van der Waals surface area contributed by atoms with Gasteiger partial charge in [0.15, 0.2) is 5.96 Å². The molecule has 1 rings (SSSR count). The molecule has 2 N–H and O–H groups in total. The van der Waals surface area contributed by atoms with E-state index in [0.29, 0.717) is 12.5 Å². The van der Waals surface area contributed by atoms with E-state index in [1.54, 1.807) is 18.4 Å². The summed E-state index contributed by atoms with van der Waals surface area (Å²) in [6.45, 7) is 7.50. The summed E-state index contributed by atoms with van der Waals surface area (Å²) in [7, 11) is 1.78. The van der Waals surface area contributed by atoms with Gasteiger partial charge in [-0.2, -0.15) is 0 Å². The normalized spacial score (nSPS) is 11.4. The summed E-state index contributed by atoms with van der Waals surface area (Å²) in [5.74, 6) is 1.50. The standard InChI is InChI=1S/C14H24BrN3OS.HI/c1-11(2)4-6-19-7-5-17-14(16-3)18-9-13-8-12(15)10-20-13;/h8,10-11H,4-7,9H2,1-3H3,(H2,16,17,18);1H. The zero-order valence-corrected chi connectivity index (χ0v) is 17.6. The lowest BCUT2D eigenvalue weighted by Gasteiger charge is -2.11. The van der Waals surface area contributed by atoms with Crippen molar-refractivity contribution in [2.75, 3.05) is 26.8 Å². The van der Waals surface area contributed by atoms with Gasteiger partial charge in [-0.3, -0.25) is 4.99 Å². The van der Waals surface area contributed by atoms with Crippen LogP contribution in [-0.4, -0.2) is 32.8 Å². The molecule has 1 heterocycles. The van der Waals surface area contributed by atoms with Crippen LogP contribution in [-0.2, 0) is 11.3 Å². The SMILES string of the molecule is CN=C(NCCOCCC(C)C)NCc1cc(Br)cs1.I. The molecule has 122 valence electrons. The number of hydrogen-bond donors (Lipinski definition) is 2. The quantitative estimate of drug-likeness (QED) is 0.252. The Bertz CT molecular complexity index is 413. The van der Waals surface area contributed by atoms with Crippen molar-refractivity contribution in [3.05, 3.63) is 20.8 Å². The number of guanidine groups is 1. The molecule has 0 atom stereocenters. The number of thiophene rings is 1. The highest BCUT2D eigenvalue weighted by Gasteiger charge is 2.00. The second kappa shape index (κ2) is 12.7. The summed E-state index contributed by atoms with van der Waals surface area (Å²) in [5, 5.41) is 8.60. The number of nitrogens with one attached hydrogen (secondary N) is 2. The third-order valence-electron chi connectivity index (χ3n) is 2.65. The van der Waals surface area contributed by atoms with Crippen molar-refractivity contribution in [3.8, 4) is 0 Å². The summed E-state index contributed by atoms with van der Waals surface area (Å²) in [6, 6.07) is 2.11. The average molecular weight is 490 g/mol. The highest BCUT2D eigenvalue weighted by molar-refractivity contribution is 14.0. The van der Waals surface area contributed by atoms with Crippen molar-refractivity contribution < 1.29 is 4.74 Å². The van der Waals surface area contributed by atoms with Crippen molar-refractivity contribution in [3.63, 3.8) is 0 Å². The van der Waals surface area contributed by atoms with E-state index in [9.17, 15) is 0 Å². The fourth-order valence-corrected chi connectivity index (χ4v) is 2.89. The van der Waals surface area contributed by atoms with Crippen molar-refractivity contribution >= 4 is 57.2 Å². The number of rotatable bonds is 8. The van der Waals surface area contributed by atoms with E-state index in [2.05, 4.69) is 56.8 Å². The minimum Gasteiger partial charge on any atom is -0.380 e. The highest BCUT2D eigenvalue weighted by atomic mass is 127. The van der Waals surface area contributed by atoms with Crippen LogP contribution in [0.5, 0.6) is 0 Å². The van der Waals surface area contributed by atoms with Crippen LogP contribution in [0.25, 0.3) is 0 Å². The van der Waals surface area contributed by atoms with E-state index in [0.717, 1.165) is 36.5 Å². The summed E-state index contributed by atoms with van der Waals surface area (Å²) >= 11 is 5.18. The molecular formula is C14H25BrIN3OS. The van der Waals surface area contributed by atoms with Gasteiger partial charge in [-0.15, -0.1) is 35.3 Å². The predicted molar refractivity (Wildman–Crippen MR) is 106 cm³/mol. The molecule has 0 aliphatic carbocycles. The summed E-state index contributed by atoms with van der Waals surface area (Å²) in [5.41, 5.74) is 0. The van der Waals surface area contributed by atoms with Gasteiger partial charge in [-0.1, -0.05) is 13.8 Å². The van der Waals surface area contributed by atoms with Gasteiger partial charge in [0.25, 0.3) is 0 Å². The number of aliphatic imine (C=N–C) groups is 1. The van der Waals surface area contributed by atoms with Gasteiger partial charge in [0.1, 0.15) is 0 Å². The molecule has 0 aliphatic heterocycles. The Morgan fingerprint density at radius 2 is 2.14 bits per heavy atom. The molecule has 21 heavy (non-hydrogen) atoms. The van der Waals surface area contributed by atoms with Gasteiger partial charge in [-0.25, -0.2) is 0 Å². The van der Waals surface area contributed by atoms with E-state index < -0.39 is 0 Å². The second-order valence-electron chi connectivity index (χ2n) is 4.88. The van der Waals surface area contributed by atoms with Crippen LogP contribution in [0.15, 0.2) is 20.9 Å². The molecule has 0 aliphatic rings. The zero-order valence-electron chi connectivity index (χ0n) is 12.8. The molecule has 0 bridgehead atoms. The Balaban J connectivity index is 0.00000400. The molecule has 1 aromatic heterocycles. The van der Waals surface area contributed by atoms with Crippen LogP contribution in [0.1, 0.15) is 25.1 Å². The Morgan fingerprint density at radius 3 is 2.71 bits per heavy atom. The van der Waals surface area contributed by atoms with Crippen LogP contribution < -0.4 is 10.6 Å². The molecule has 0 unspecified atom stereocenters. The van der Waals surface area contributed by atoms with Gasteiger partial charge in [-0.05, 0) is 34.3 Å². The third-order valence-corrected chi connectivity index (χ3v) is 4.35. The van der Waals surface area contributed by atoms with E-state index >= 15 is 0 Å². The molecule has 0 radical (unpaired) electrons. The number of hydrogen-bond acceptors (Lipinski definition) is 3. The summed E-state index contributed by atoms with van der Waals surface area (Å²) in [6.07, 6.45) is 1.11. The average Bonchev–Trinajstić information content (AvgIpc) is 2.82. The smallest absolute Gasteiger partial charge is 0.191 e. The van der Waals surface area contributed by atoms with Crippen molar-refractivity contribution in [1.82, 2.24) is 10.6 Å². The highest BCUT2D eigenvalue weighted by Crippen LogP contribution is 2.19. The van der Waals surface area contributed by atoms with Crippen LogP contribution >= 0.6 is 51.2 Å². The number of nitrogens with zero attached hydrogens (tertiary/aromatic N) is 1. The minimum atomic E-state index is 0. The molecule has 7 heteroatoms. The van der Waals surface area contributed by atoms with Gasteiger partial charge in [0.05, 0.1) is 13.2 Å². The predicted octanol–water partition coefficient (Wildman–Crippen LogP) is 3.86. The van der Waals surface area contributed by atoms with Crippen LogP contribution in [0.2, 0.25) is 0 Å². The molecule has 0 amide bonds. The topological polar surface area (TPSA) is 45.7 Å². The number of halogens is 2. The molecule has 1 aromatic rings. The Kier molecular flexibility index (Phi) is 12.7. The van der Waals surface area contributed by atoms with E-state index in [4.69, 9.17) is 4.74 Å². The van der Waals surface area contributed by atoms with Gasteiger partial charge in [0.2, 0.25) is 0 Å². The molecule has 0 saturated carbocycles. The zero-order chi connectivity index (χ0) is 14.8. The first-order valence-electron chi connectivity index (χ1n) is 6.87.